The van der Waals surface area contributed by atoms with Crippen LogP contribution in [0, 0.1) is 12.3 Å². The number of methoxy groups -OCH3 is 1. The number of carbonyl (C=O) groups is 1. The van der Waals surface area contributed by atoms with Gasteiger partial charge in [-0.15, -0.1) is 6.42 Å². The lowest BCUT2D eigenvalue weighted by molar-refractivity contribution is 0.183. The average Bonchev–Trinajstić information content (AvgIpc) is 3.24. The van der Waals surface area contributed by atoms with Gasteiger partial charge in [-0.25, -0.2) is 14.8 Å². The van der Waals surface area contributed by atoms with Gasteiger partial charge in [0.15, 0.2) is 5.65 Å². The van der Waals surface area contributed by atoms with E-state index in [0.717, 1.165) is 31.9 Å². The second kappa shape index (κ2) is 9.74. The van der Waals surface area contributed by atoms with E-state index in [0.29, 0.717) is 41.5 Å². The lowest BCUT2D eigenvalue weighted by atomic mass is 10.1. The van der Waals surface area contributed by atoms with E-state index in [4.69, 9.17) is 11.2 Å². The minimum atomic E-state index is -0.241. The number of hydrogen-bond donors (Lipinski definition) is 2. The Kier molecular flexibility index (Phi) is 6.35. The zero-order valence-corrected chi connectivity index (χ0v) is 19.9. The summed E-state index contributed by atoms with van der Waals surface area (Å²) in [5.74, 6) is 3.50. The van der Waals surface area contributed by atoms with E-state index in [9.17, 15) is 4.79 Å². The number of nitrogens with one attached hydrogen (secondary N) is 2. The summed E-state index contributed by atoms with van der Waals surface area (Å²) in [6, 6.07) is 9.52. The number of piperazine rings is 1. The smallest absolute Gasteiger partial charge is 0.323 e. The standard InChI is InChI=1S/C25H28N8O2/c1-4-17-13-22(33-20(16-35-3)14-27-25(33)34)29-23-21(17)15-26-24(30-23)28-18-5-7-19(8-6-18)32-11-9-31(2)10-12-32/h1,5-8,13,15,20H,9-12,14,16H2,2-3H3,(H,27,34)(H,26,28,29,30)/t20-/m0/s1. The van der Waals surface area contributed by atoms with Gasteiger partial charge >= 0.3 is 6.03 Å². The van der Waals surface area contributed by atoms with E-state index in [-0.39, 0.29) is 12.1 Å². The van der Waals surface area contributed by atoms with Gasteiger partial charge in [-0.05, 0) is 37.4 Å². The second-order valence-electron chi connectivity index (χ2n) is 8.73. The van der Waals surface area contributed by atoms with E-state index >= 15 is 0 Å². The van der Waals surface area contributed by atoms with Crippen LogP contribution in [0.2, 0.25) is 0 Å². The average molecular weight is 473 g/mol. The lowest BCUT2D eigenvalue weighted by Crippen LogP contribution is -2.44. The summed E-state index contributed by atoms with van der Waals surface area (Å²) in [5, 5.41) is 6.72. The molecule has 0 spiro atoms. The molecule has 0 radical (unpaired) electrons. The number of likely N-dealkylation sites (N-methyl/N-ethyl adjacent to an activating group) is 1. The van der Waals surface area contributed by atoms with Crippen molar-refractivity contribution in [2.24, 2.45) is 0 Å². The summed E-state index contributed by atoms with van der Waals surface area (Å²) < 4.78 is 5.26. The van der Waals surface area contributed by atoms with Crippen LogP contribution >= 0.6 is 0 Å². The Balaban J connectivity index is 1.40. The first-order valence-corrected chi connectivity index (χ1v) is 11.6. The molecule has 5 rings (SSSR count). The normalized spacial score (nSPS) is 18.5. The van der Waals surface area contributed by atoms with Gasteiger partial charge in [0, 0.05) is 63.0 Å². The van der Waals surface area contributed by atoms with Crippen LogP contribution in [0.15, 0.2) is 36.5 Å². The summed E-state index contributed by atoms with van der Waals surface area (Å²) in [5.41, 5.74) is 3.05. The summed E-state index contributed by atoms with van der Waals surface area (Å²) >= 11 is 0. The number of benzene rings is 1. The van der Waals surface area contributed by atoms with Crippen molar-refractivity contribution < 1.29 is 9.53 Å². The van der Waals surface area contributed by atoms with Crippen LogP contribution in [0.4, 0.5) is 27.9 Å². The molecule has 1 aromatic carbocycles. The van der Waals surface area contributed by atoms with Gasteiger partial charge in [-0.2, -0.15) is 4.98 Å². The Morgan fingerprint density at radius 3 is 2.69 bits per heavy atom. The van der Waals surface area contributed by atoms with Crippen LogP contribution in [-0.4, -0.2) is 85.4 Å². The van der Waals surface area contributed by atoms with Crippen molar-refractivity contribution >= 4 is 40.2 Å². The predicted octanol–water partition coefficient (Wildman–Crippen LogP) is 2.05. The van der Waals surface area contributed by atoms with Crippen LogP contribution in [0.5, 0.6) is 0 Å². The molecule has 10 heteroatoms. The van der Waals surface area contributed by atoms with E-state index < -0.39 is 0 Å². The van der Waals surface area contributed by atoms with Crippen LogP contribution in [0.25, 0.3) is 11.0 Å². The van der Waals surface area contributed by atoms with Gasteiger partial charge in [0.2, 0.25) is 5.95 Å². The molecule has 1 atom stereocenters. The third-order valence-corrected chi connectivity index (χ3v) is 6.38. The first-order chi connectivity index (χ1) is 17.1. The monoisotopic (exact) mass is 472 g/mol. The highest BCUT2D eigenvalue weighted by molar-refractivity contribution is 5.96. The number of ether oxygens (including phenoxy) is 1. The molecule has 10 nitrogen and oxygen atoms in total. The molecule has 2 N–H and O–H groups in total. The van der Waals surface area contributed by atoms with Crippen molar-refractivity contribution in [2.45, 2.75) is 6.04 Å². The van der Waals surface area contributed by atoms with Gasteiger partial charge in [0.25, 0.3) is 0 Å². The highest BCUT2D eigenvalue weighted by atomic mass is 16.5. The molecule has 4 heterocycles. The largest absolute Gasteiger partial charge is 0.382 e. The van der Waals surface area contributed by atoms with Crippen LogP contribution in [0.3, 0.4) is 0 Å². The van der Waals surface area contributed by atoms with Crippen LogP contribution < -0.4 is 20.4 Å². The topological polar surface area (TPSA) is 98.8 Å². The maximum absolute atomic E-state index is 12.5. The van der Waals surface area contributed by atoms with Gasteiger partial charge in [-0.3, -0.25) is 4.90 Å². The second-order valence-corrected chi connectivity index (χ2v) is 8.73. The van der Waals surface area contributed by atoms with Crippen molar-refractivity contribution in [1.29, 1.82) is 0 Å². The molecule has 3 aromatic rings. The zero-order chi connectivity index (χ0) is 24.4. The molecule has 0 aliphatic carbocycles. The molecule has 2 aromatic heterocycles. The van der Waals surface area contributed by atoms with Gasteiger partial charge in [0.1, 0.15) is 5.82 Å². The molecule has 0 unspecified atom stereocenters. The first-order valence-electron chi connectivity index (χ1n) is 11.6. The fourth-order valence-corrected chi connectivity index (χ4v) is 4.41. The Morgan fingerprint density at radius 2 is 1.97 bits per heavy atom. The molecule has 2 fully saturated rings. The Labute approximate surface area is 204 Å². The van der Waals surface area contributed by atoms with E-state index in [1.54, 1.807) is 24.3 Å². The number of fused-ring (bicyclic) bond motifs is 1. The molecule has 2 aliphatic heterocycles. The Hall–Kier alpha value is -3.94. The zero-order valence-electron chi connectivity index (χ0n) is 19.9. The highest BCUT2D eigenvalue weighted by Gasteiger charge is 2.33. The third-order valence-electron chi connectivity index (χ3n) is 6.38. The lowest BCUT2D eigenvalue weighted by Gasteiger charge is -2.34. The minimum absolute atomic E-state index is 0.179. The fourth-order valence-electron chi connectivity index (χ4n) is 4.41. The number of amides is 2. The molecule has 0 saturated carbocycles. The van der Waals surface area contributed by atoms with Crippen molar-refractivity contribution in [3.8, 4) is 12.3 Å². The minimum Gasteiger partial charge on any atom is -0.382 e. The molecular weight excluding hydrogens is 444 g/mol. The molecule has 2 aliphatic rings. The highest BCUT2D eigenvalue weighted by Crippen LogP contribution is 2.26. The van der Waals surface area contributed by atoms with Gasteiger partial charge < -0.3 is 25.2 Å². The van der Waals surface area contributed by atoms with E-state index in [1.165, 1.54) is 5.69 Å². The number of hydrogen-bond acceptors (Lipinski definition) is 8. The van der Waals surface area contributed by atoms with Gasteiger partial charge in [0.05, 0.1) is 18.0 Å². The number of rotatable bonds is 6. The van der Waals surface area contributed by atoms with E-state index in [1.807, 2.05) is 12.1 Å². The maximum Gasteiger partial charge on any atom is 0.323 e. The van der Waals surface area contributed by atoms with Crippen molar-refractivity contribution in [3.05, 3.63) is 42.1 Å². The van der Waals surface area contributed by atoms with Crippen molar-refractivity contribution in [2.75, 3.05) is 68.6 Å². The van der Waals surface area contributed by atoms with Crippen molar-refractivity contribution in [1.82, 2.24) is 25.2 Å². The number of aromatic nitrogens is 3. The number of terminal acetylenes is 1. The molecule has 180 valence electrons. The number of urea groups is 1. The summed E-state index contributed by atoms with van der Waals surface area (Å²) in [6.07, 6.45) is 7.42. The first kappa shape index (κ1) is 22.8. The Morgan fingerprint density at radius 1 is 1.20 bits per heavy atom. The molecule has 0 bridgehead atoms. The number of pyridine rings is 1. The Bertz CT molecular complexity index is 1260. The maximum atomic E-state index is 12.5. The van der Waals surface area contributed by atoms with Gasteiger partial charge in [-0.1, -0.05) is 5.92 Å². The predicted molar refractivity (Wildman–Crippen MR) is 136 cm³/mol. The van der Waals surface area contributed by atoms with Crippen molar-refractivity contribution in [3.63, 3.8) is 0 Å². The van der Waals surface area contributed by atoms with Crippen LogP contribution in [-0.2, 0) is 4.74 Å². The molecular formula is C25H28N8O2. The summed E-state index contributed by atoms with van der Waals surface area (Å²) in [7, 11) is 3.75. The quantitative estimate of drug-likeness (QED) is 0.526. The molecule has 2 saturated heterocycles. The molecule has 35 heavy (non-hydrogen) atoms. The van der Waals surface area contributed by atoms with Crippen LogP contribution in [0.1, 0.15) is 5.56 Å². The summed E-state index contributed by atoms with van der Waals surface area (Å²) in [4.78, 5) is 32.4. The van der Waals surface area contributed by atoms with E-state index in [2.05, 4.69) is 60.5 Å². The fraction of sp³-hybridized carbons (Fsp3) is 0.360. The third kappa shape index (κ3) is 4.69. The molecule has 2 amide bonds. The summed E-state index contributed by atoms with van der Waals surface area (Å²) in [6.45, 7) is 5.00. The number of nitrogens with zero attached hydrogens (tertiary/aromatic N) is 6. The SMILES string of the molecule is C#Cc1cc(N2C(=O)NC[C@H]2COC)nc2nc(Nc3ccc(N4CCN(C)CC4)cc3)ncc12. The number of anilines is 4. The number of carbonyl (C=O) groups excluding carboxylic acids is 1.